The van der Waals surface area contributed by atoms with Crippen LogP contribution in [0.25, 0.3) is 0 Å². The highest BCUT2D eigenvalue weighted by atomic mass is 16.2. The standard InChI is InChI=1S/C12H14N2O2/c1-8-4-2-3-5-9(8)14-10(12(13)16)6-7-11(14)15/h2-5,10H,6-7H2,1H3,(H2,13,16)/t10-/m0/s1. The van der Waals surface area contributed by atoms with Gasteiger partial charge in [-0.2, -0.15) is 0 Å². The van der Waals surface area contributed by atoms with Crippen molar-refractivity contribution in [1.29, 1.82) is 0 Å². The van der Waals surface area contributed by atoms with E-state index in [1.165, 1.54) is 4.90 Å². The smallest absolute Gasteiger partial charge is 0.240 e. The zero-order chi connectivity index (χ0) is 11.7. The molecule has 2 N–H and O–H groups in total. The quantitative estimate of drug-likeness (QED) is 0.804. The number of anilines is 1. The second-order valence-corrected chi connectivity index (χ2v) is 4.01. The number of benzene rings is 1. The molecule has 84 valence electrons. The van der Waals surface area contributed by atoms with Crippen LogP contribution < -0.4 is 10.6 Å². The van der Waals surface area contributed by atoms with Crippen molar-refractivity contribution in [3.05, 3.63) is 29.8 Å². The first-order chi connectivity index (χ1) is 7.61. The minimum Gasteiger partial charge on any atom is -0.368 e. The molecule has 0 aromatic heterocycles. The number of nitrogens with zero attached hydrogens (tertiary/aromatic N) is 1. The lowest BCUT2D eigenvalue weighted by Crippen LogP contribution is -2.42. The summed E-state index contributed by atoms with van der Waals surface area (Å²) in [6.07, 6.45) is 0.907. The number of primary amides is 1. The lowest BCUT2D eigenvalue weighted by molar-refractivity contribution is -0.121. The van der Waals surface area contributed by atoms with Gasteiger partial charge >= 0.3 is 0 Å². The normalized spacial score (nSPS) is 20.2. The number of nitrogens with two attached hydrogens (primary N) is 1. The second-order valence-electron chi connectivity index (χ2n) is 4.01. The van der Waals surface area contributed by atoms with E-state index in [2.05, 4.69) is 0 Å². The van der Waals surface area contributed by atoms with Gasteiger partial charge in [-0.05, 0) is 25.0 Å². The van der Waals surface area contributed by atoms with Gasteiger partial charge in [0.15, 0.2) is 0 Å². The Kier molecular flexibility index (Phi) is 2.64. The van der Waals surface area contributed by atoms with E-state index in [0.717, 1.165) is 11.3 Å². The number of carbonyl (C=O) groups excluding carboxylic acids is 2. The van der Waals surface area contributed by atoms with Gasteiger partial charge in [0, 0.05) is 12.1 Å². The van der Waals surface area contributed by atoms with Crippen molar-refractivity contribution < 1.29 is 9.59 Å². The molecule has 0 spiro atoms. The molecule has 1 aliphatic rings. The summed E-state index contributed by atoms with van der Waals surface area (Å²) >= 11 is 0. The zero-order valence-electron chi connectivity index (χ0n) is 9.14. The number of amides is 2. The van der Waals surface area contributed by atoms with E-state index in [1.807, 2.05) is 31.2 Å². The average Bonchev–Trinajstić information content (AvgIpc) is 2.61. The van der Waals surface area contributed by atoms with Crippen molar-refractivity contribution in [2.75, 3.05) is 4.90 Å². The molecule has 0 unspecified atom stereocenters. The summed E-state index contributed by atoms with van der Waals surface area (Å²) in [6.45, 7) is 1.92. The van der Waals surface area contributed by atoms with Crippen LogP contribution in [0, 0.1) is 6.92 Å². The number of hydrogen-bond acceptors (Lipinski definition) is 2. The SMILES string of the molecule is Cc1ccccc1N1C(=O)CC[C@H]1C(N)=O. The Labute approximate surface area is 94.0 Å². The molecule has 1 saturated heterocycles. The monoisotopic (exact) mass is 218 g/mol. The summed E-state index contributed by atoms with van der Waals surface area (Å²) in [4.78, 5) is 24.6. The Morgan fingerprint density at radius 3 is 2.75 bits per heavy atom. The lowest BCUT2D eigenvalue weighted by Gasteiger charge is -2.24. The first kappa shape index (κ1) is 10.7. The van der Waals surface area contributed by atoms with E-state index < -0.39 is 11.9 Å². The Morgan fingerprint density at radius 1 is 1.44 bits per heavy atom. The molecule has 1 heterocycles. The molecule has 4 nitrogen and oxygen atoms in total. The molecule has 16 heavy (non-hydrogen) atoms. The van der Waals surface area contributed by atoms with Crippen LogP contribution >= 0.6 is 0 Å². The van der Waals surface area contributed by atoms with Crippen molar-refractivity contribution in [3.8, 4) is 0 Å². The molecule has 1 atom stereocenters. The van der Waals surface area contributed by atoms with E-state index in [-0.39, 0.29) is 5.91 Å². The molecule has 1 aromatic rings. The summed E-state index contributed by atoms with van der Waals surface area (Å²) in [5.74, 6) is -0.466. The molecular weight excluding hydrogens is 204 g/mol. The Morgan fingerprint density at radius 2 is 2.12 bits per heavy atom. The summed E-state index contributed by atoms with van der Waals surface area (Å²) in [7, 11) is 0. The van der Waals surface area contributed by atoms with E-state index >= 15 is 0 Å². The topological polar surface area (TPSA) is 63.4 Å². The fourth-order valence-corrected chi connectivity index (χ4v) is 2.09. The molecule has 4 heteroatoms. The van der Waals surface area contributed by atoms with Gasteiger partial charge in [-0.25, -0.2) is 0 Å². The molecule has 1 aliphatic heterocycles. The van der Waals surface area contributed by atoms with Crippen molar-refractivity contribution in [3.63, 3.8) is 0 Å². The van der Waals surface area contributed by atoms with Gasteiger partial charge in [0.2, 0.25) is 11.8 Å². The number of carbonyl (C=O) groups is 2. The highest BCUT2D eigenvalue weighted by Crippen LogP contribution is 2.28. The maximum absolute atomic E-state index is 11.8. The summed E-state index contributed by atoms with van der Waals surface area (Å²) < 4.78 is 0. The van der Waals surface area contributed by atoms with Crippen LogP contribution in [0.2, 0.25) is 0 Å². The largest absolute Gasteiger partial charge is 0.368 e. The Balaban J connectivity index is 2.41. The first-order valence-electron chi connectivity index (χ1n) is 5.28. The van der Waals surface area contributed by atoms with Gasteiger partial charge in [-0.1, -0.05) is 18.2 Å². The van der Waals surface area contributed by atoms with Gasteiger partial charge in [-0.3, -0.25) is 14.5 Å². The highest BCUT2D eigenvalue weighted by Gasteiger charge is 2.36. The van der Waals surface area contributed by atoms with Gasteiger partial charge in [0.05, 0.1) is 0 Å². The third-order valence-corrected chi connectivity index (χ3v) is 2.92. The van der Waals surface area contributed by atoms with Crippen LogP contribution in [0.4, 0.5) is 5.69 Å². The zero-order valence-corrected chi connectivity index (χ0v) is 9.14. The van der Waals surface area contributed by atoms with E-state index in [0.29, 0.717) is 12.8 Å². The molecule has 1 aromatic carbocycles. The number of rotatable bonds is 2. The van der Waals surface area contributed by atoms with Crippen molar-refractivity contribution >= 4 is 17.5 Å². The van der Waals surface area contributed by atoms with Crippen molar-refractivity contribution in [2.45, 2.75) is 25.8 Å². The number of hydrogen-bond donors (Lipinski definition) is 1. The molecule has 2 amide bonds. The molecule has 0 radical (unpaired) electrons. The van der Waals surface area contributed by atoms with Gasteiger partial charge in [0.1, 0.15) is 6.04 Å². The third kappa shape index (κ3) is 1.66. The maximum atomic E-state index is 11.8. The van der Waals surface area contributed by atoms with Crippen LogP contribution in [0.5, 0.6) is 0 Å². The highest BCUT2D eigenvalue weighted by molar-refractivity contribution is 6.03. The fourth-order valence-electron chi connectivity index (χ4n) is 2.09. The number of aryl methyl sites for hydroxylation is 1. The maximum Gasteiger partial charge on any atom is 0.240 e. The predicted octanol–water partition coefficient (Wildman–Crippen LogP) is 0.976. The molecule has 0 aliphatic carbocycles. The Bertz CT molecular complexity index is 442. The van der Waals surface area contributed by atoms with E-state index in [4.69, 9.17) is 5.73 Å². The van der Waals surface area contributed by atoms with Crippen LogP contribution in [-0.4, -0.2) is 17.9 Å². The van der Waals surface area contributed by atoms with Crippen LogP contribution in [-0.2, 0) is 9.59 Å². The van der Waals surface area contributed by atoms with Crippen LogP contribution in [0.1, 0.15) is 18.4 Å². The predicted molar refractivity (Wildman–Crippen MR) is 60.9 cm³/mol. The number of para-hydroxylation sites is 1. The molecule has 1 fully saturated rings. The molecule has 2 rings (SSSR count). The Hall–Kier alpha value is -1.84. The summed E-state index contributed by atoms with van der Waals surface area (Å²) in [6, 6.07) is 7.02. The van der Waals surface area contributed by atoms with Gasteiger partial charge in [0.25, 0.3) is 0 Å². The van der Waals surface area contributed by atoms with Gasteiger partial charge in [-0.15, -0.1) is 0 Å². The summed E-state index contributed by atoms with van der Waals surface area (Å²) in [5.41, 5.74) is 7.07. The minimum absolute atomic E-state index is 0.0295. The van der Waals surface area contributed by atoms with E-state index in [9.17, 15) is 9.59 Å². The van der Waals surface area contributed by atoms with Crippen molar-refractivity contribution in [1.82, 2.24) is 0 Å². The molecular formula is C12H14N2O2. The van der Waals surface area contributed by atoms with E-state index in [1.54, 1.807) is 0 Å². The van der Waals surface area contributed by atoms with Gasteiger partial charge < -0.3 is 5.73 Å². The fraction of sp³-hybridized carbons (Fsp3) is 0.333. The summed E-state index contributed by atoms with van der Waals surface area (Å²) in [5, 5.41) is 0. The first-order valence-corrected chi connectivity index (χ1v) is 5.28. The molecule has 0 saturated carbocycles. The lowest BCUT2D eigenvalue weighted by atomic mass is 10.1. The minimum atomic E-state index is -0.492. The van der Waals surface area contributed by atoms with Crippen molar-refractivity contribution in [2.24, 2.45) is 5.73 Å². The third-order valence-electron chi connectivity index (χ3n) is 2.92. The van der Waals surface area contributed by atoms with Crippen LogP contribution in [0.3, 0.4) is 0 Å². The molecule has 0 bridgehead atoms. The average molecular weight is 218 g/mol. The second kappa shape index (κ2) is 3.96. The van der Waals surface area contributed by atoms with Crippen LogP contribution in [0.15, 0.2) is 24.3 Å².